The van der Waals surface area contributed by atoms with E-state index in [2.05, 4.69) is 49.9 Å². The molecule has 0 radical (unpaired) electrons. The van der Waals surface area contributed by atoms with Crippen molar-refractivity contribution in [3.63, 3.8) is 0 Å². The van der Waals surface area contributed by atoms with Gasteiger partial charge in [-0.15, -0.1) is 0 Å². The lowest BCUT2D eigenvalue weighted by Crippen LogP contribution is -2.51. The van der Waals surface area contributed by atoms with E-state index in [0.717, 1.165) is 19.5 Å². The van der Waals surface area contributed by atoms with Crippen molar-refractivity contribution in [1.82, 2.24) is 4.90 Å². The fourth-order valence-corrected chi connectivity index (χ4v) is 2.70. The van der Waals surface area contributed by atoms with E-state index < -0.39 is 0 Å². The highest BCUT2D eigenvalue weighted by Crippen LogP contribution is 2.24. The van der Waals surface area contributed by atoms with Gasteiger partial charge >= 0.3 is 0 Å². The minimum absolute atomic E-state index is 0.373. The van der Waals surface area contributed by atoms with Gasteiger partial charge in [0.2, 0.25) is 0 Å². The molecule has 2 nitrogen and oxygen atoms in total. The summed E-state index contributed by atoms with van der Waals surface area (Å²) in [5.74, 6) is 0.591. The fraction of sp³-hybridized carbons (Fsp3) is 0.600. The first kappa shape index (κ1) is 12.6. The van der Waals surface area contributed by atoms with Crippen molar-refractivity contribution in [2.24, 2.45) is 11.7 Å². The molecule has 1 aromatic rings. The number of hydrogen-bond acceptors (Lipinski definition) is 2. The van der Waals surface area contributed by atoms with Crippen LogP contribution in [-0.2, 0) is 6.54 Å². The molecular weight excluding hydrogens is 208 g/mol. The van der Waals surface area contributed by atoms with Gasteiger partial charge in [0.15, 0.2) is 0 Å². The highest BCUT2D eigenvalue weighted by Gasteiger charge is 2.30. The minimum atomic E-state index is 0.373. The third-order valence-corrected chi connectivity index (χ3v) is 4.40. The molecule has 1 fully saturated rings. The Kier molecular flexibility index (Phi) is 3.85. The maximum atomic E-state index is 6.13. The van der Waals surface area contributed by atoms with Crippen molar-refractivity contribution in [1.29, 1.82) is 0 Å². The highest BCUT2D eigenvalue weighted by molar-refractivity contribution is 5.25. The van der Waals surface area contributed by atoms with E-state index in [1.54, 1.807) is 0 Å². The van der Waals surface area contributed by atoms with Crippen molar-refractivity contribution in [2.45, 2.75) is 45.8 Å². The zero-order chi connectivity index (χ0) is 12.4. The Bertz CT molecular complexity index is 375. The van der Waals surface area contributed by atoms with E-state index >= 15 is 0 Å². The fourth-order valence-electron chi connectivity index (χ4n) is 2.70. The zero-order valence-electron chi connectivity index (χ0n) is 11.2. The predicted molar refractivity (Wildman–Crippen MR) is 72.8 cm³/mol. The molecule has 0 spiro atoms. The van der Waals surface area contributed by atoms with Crippen molar-refractivity contribution in [2.75, 3.05) is 6.54 Å². The second-order valence-electron chi connectivity index (χ2n) is 5.45. The van der Waals surface area contributed by atoms with Gasteiger partial charge in [0.05, 0.1) is 0 Å². The number of benzene rings is 1. The van der Waals surface area contributed by atoms with Gasteiger partial charge in [-0.05, 0) is 37.3 Å². The Morgan fingerprint density at radius 2 is 2.00 bits per heavy atom. The SMILES string of the molecule is Cc1ccccc1CN1CCC(N)C(C)C1C. The van der Waals surface area contributed by atoms with Crippen LogP contribution >= 0.6 is 0 Å². The van der Waals surface area contributed by atoms with Crippen molar-refractivity contribution in [3.8, 4) is 0 Å². The molecule has 94 valence electrons. The van der Waals surface area contributed by atoms with Crippen molar-refractivity contribution < 1.29 is 0 Å². The summed E-state index contributed by atoms with van der Waals surface area (Å²) >= 11 is 0. The Labute approximate surface area is 105 Å². The molecule has 1 aromatic carbocycles. The van der Waals surface area contributed by atoms with Crippen LogP contribution in [0.4, 0.5) is 0 Å². The Balaban J connectivity index is 2.07. The summed E-state index contributed by atoms with van der Waals surface area (Å²) in [6.45, 7) is 8.96. The van der Waals surface area contributed by atoms with E-state index in [4.69, 9.17) is 5.73 Å². The summed E-state index contributed by atoms with van der Waals surface area (Å²) < 4.78 is 0. The summed E-state index contributed by atoms with van der Waals surface area (Å²) in [4.78, 5) is 2.57. The van der Waals surface area contributed by atoms with E-state index in [9.17, 15) is 0 Å². The van der Waals surface area contributed by atoms with E-state index in [1.165, 1.54) is 11.1 Å². The number of nitrogens with two attached hydrogens (primary N) is 1. The maximum Gasteiger partial charge on any atom is 0.0239 e. The average molecular weight is 232 g/mol. The molecule has 1 saturated heterocycles. The zero-order valence-corrected chi connectivity index (χ0v) is 11.2. The maximum absolute atomic E-state index is 6.13. The Hall–Kier alpha value is -0.860. The monoisotopic (exact) mass is 232 g/mol. The number of aryl methyl sites for hydroxylation is 1. The second-order valence-corrected chi connectivity index (χ2v) is 5.45. The van der Waals surface area contributed by atoms with Gasteiger partial charge in [0.1, 0.15) is 0 Å². The van der Waals surface area contributed by atoms with Crippen LogP contribution in [0.25, 0.3) is 0 Å². The summed E-state index contributed by atoms with van der Waals surface area (Å²) in [7, 11) is 0. The molecular formula is C15H24N2. The number of piperidine rings is 1. The van der Waals surface area contributed by atoms with Crippen LogP contribution in [0.5, 0.6) is 0 Å². The van der Waals surface area contributed by atoms with E-state index in [-0.39, 0.29) is 0 Å². The normalized spacial score (nSPS) is 30.5. The summed E-state index contributed by atoms with van der Waals surface area (Å²) in [5.41, 5.74) is 8.96. The second kappa shape index (κ2) is 5.19. The highest BCUT2D eigenvalue weighted by atomic mass is 15.2. The Morgan fingerprint density at radius 3 is 2.71 bits per heavy atom. The van der Waals surface area contributed by atoms with E-state index in [1.807, 2.05) is 0 Å². The standard InChI is InChI=1S/C15H24N2/c1-11-6-4-5-7-14(11)10-17-9-8-15(16)12(2)13(17)3/h4-7,12-13,15H,8-10,16H2,1-3H3. The van der Waals surface area contributed by atoms with Crippen LogP contribution in [0.2, 0.25) is 0 Å². The molecule has 1 aliphatic heterocycles. The number of rotatable bonds is 2. The molecule has 1 heterocycles. The molecule has 3 atom stereocenters. The van der Waals surface area contributed by atoms with Crippen LogP contribution in [0.1, 0.15) is 31.4 Å². The van der Waals surface area contributed by atoms with Gasteiger partial charge < -0.3 is 5.73 Å². The van der Waals surface area contributed by atoms with Gasteiger partial charge in [-0.1, -0.05) is 31.2 Å². The third-order valence-electron chi connectivity index (χ3n) is 4.40. The predicted octanol–water partition coefficient (Wildman–Crippen LogP) is 2.55. The molecule has 2 heteroatoms. The summed E-state index contributed by atoms with van der Waals surface area (Å²) in [6, 6.07) is 9.63. The molecule has 2 N–H and O–H groups in total. The van der Waals surface area contributed by atoms with Crippen LogP contribution in [0.15, 0.2) is 24.3 Å². The first-order valence-corrected chi connectivity index (χ1v) is 6.63. The van der Waals surface area contributed by atoms with Gasteiger partial charge in [-0.25, -0.2) is 0 Å². The molecule has 17 heavy (non-hydrogen) atoms. The molecule has 0 saturated carbocycles. The molecule has 0 amide bonds. The molecule has 2 rings (SSSR count). The molecule has 0 aromatic heterocycles. The van der Waals surface area contributed by atoms with Crippen LogP contribution < -0.4 is 5.73 Å². The summed E-state index contributed by atoms with van der Waals surface area (Å²) in [5, 5.41) is 0. The van der Waals surface area contributed by atoms with Gasteiger partial charge in [-0.2, -0.15) is 0 Å². The van der Waals surface area contributed by atoms with Gasteiger partial charge in [0.25, 0.3) is 0 Å². The average Bonchev–Trinajstić information content (AvgIpc) is 2.32. The molecule has 0 aliphatic carbocycles. The summed E-state index contributed by atoms with van der Waals surface area (Å²) in [6.07, 6.45) is 1.12. The lowest BCUT2D eigenvalue weighted by molar-refractivity contribution is 0.0908. The van der Waals surface area contributed by atoms with Gasteiger partial charge in [0, 0.05) is 25.2 Å². The first-order chi connectivity index (χ1) is 8.09. The van der Waals surface area contributed by atoms with Crippen LogP contribution in [-0.4, -0.2) is 23.5 Å². The minimum Gasteiger partial charge on any atom is -0.327 e. The number of likely N-dealkylation sites (tertiary alicyclic amines) is 1. The quantitative estimate of drug-likeness (QED) is 0.849. The van der Waals surface area contributed by atoms with Crippen molar-refractivity contribution in [3.05, 3.63) is 35.4 Å². The van der Waals surface area contributed by atoms with Crippen LogP contribution in [0, 0.1) is 12.8 Å². The number of hydrogen-bond donors (Lipinski definition) is 1. The molecule has 0 bridgehead atoms. The smallest absolute Gasteiger partial charge is 0.0239 e. The lowest BCUT2D eigenvalue weighted by Gasteiger charge is -2.41. The molecule has 1 aliphatic rings. The van der Waals surface area contributed by atoms with Crippen LogP contribution in [0.3, 0.4) is 0 Å². The van der Waals surface area contributed by atoms with Gasteiger partial charge in [-0.3, -0.25) is 4.90 Å². The molecule has 3 unspecified atom stereocenters. The third kappa shape index (κ3) is 2.70. The first-order valence-electron chi connectivity index (χ1n) is 6.63. The number of nitrogens with zero attached hydrogens (tertiary/aromatic N) is 1. The topological polar surface area (TPSA) is 29.3 Å². The van der Waals surface area contributed by atoms with E-state index in [0.29, 0.717) is 18.0 Å². The Morgan fingerprint density at radius 1 is 1.29 bits per heavy atom. The lowest BCUT2D eigenvalue weighted by atomic mass is 9.87. The van der Waals surface area contributed by atoms with Crippen molar-refractivity contribution >= 4 is 0 Å². The largest absolute Gasteiger partial charge is 0.327 e.